The van der Waals surface area contributed by atoms with E-state index in [1.54, 1.807) is 19.2 Å². The molecule has 0 aliphatic carbocycles. The van der Waals surface area contributed by atoms with E-state index in [-0.39, 0.29) is 11.9 Å². The summed E-state index contributed by atoms with van der Waals surface area (Å²) in [7, 11) is 1.57. The van der Waals surface area contributed by atoms with Crippen LogP contribution in [0.3, 0.4) is 0 Å². The molecule has 0 saturated heterocycles. The number of furan rings is 1. The van der Waals surface area contributed by atoms with Crippen LogP contribution in [0.1, 0.15) is 34.9 Å². The van der Waals surface area contributed by atoms with Crippen LogP contribution in [0.25, 0.3) is 0 Å². The zero-order chi connectivity index (χ0) is 13.7. The molecule has 0 amide bonds. The molecule has 1 aromatic heterocycles. The normalized spacial score (nSPS) is 12.1. The van der Waals surface area contributed by atoms with Crippen molar-refractivity contribution in [3.63, 3.8) is 0 Å². The number of benzene rings is 1. The van der Waals surface area contributed by atoms with Gasteiger partial charge in [0.15, 0.2) is 0 Å². The van der Waals surface area contributed by atoms with Crippen molar-refractivity contribution in [2.75, 3.05) is 7.11 Å². The van der Waals surface area contributed by atoms with Crippen molar-refractivity contribution >= 4 is 5.97 Å². The third-order valence-electron chi connectivity index (χ3n) is 2.70. The molecular weight excluding hydrogens is 244 g/mol. The first kappa shape index (κ1) is 13.4. The topological polar surface area (TPSA) is 48.7 Å². The molecule has 1 heterocycles. The molecule has 4 nitrogen and oxygen atoms in total. The van der Waals surface area contributed by atoms with Gasteiger partial charge in [-0.3, -0.25) is 0 Å². The van der Waals surface area contributed by atoms with Crippen LogP contribution >= 0.6 is 0 Å². The van der Waals surface area contributed by atoms with Crippen LogP contribution in [0.4, 0.5) is 0 Å². The molecule has 0 fully saturated rings. The molecule has 2 aromatic rings. The van der Waals surface area contributed by atoms with E-state index in [0.29, 0.717) is 12.4 Å². The van der Waals surface area contributed by atoms with E-state index in [0.717, 1.165) is 5.56 Å². The molecule has 0 aliphatic rings. The van der Waals surface area contributed by atoms with E-state index in [1.807, 2.05) is 37.3 Å². The average molecular weight is 260 g/mol. The van der Waals surface area contributed by atoms with Gasteiger partial charge in [-0.15, -0.1) is 0 Å². The van der Waals surface area contributed by atoms with Crippen molar-refractivity contribution in [3.05, 3.63) is 59.5 Å². The molecule has 0 saturated carbocycles. The Hall–Kier alpha value is -2.07. The molecule has 0 radical (unpaired) electrons. The van der Waals surface area contributed by atoms with Crippen LogP contribution in [0.2, 0.25) is 0 Å². The minimum atomic E-state index is -0.473. The van der Waals surface area contributed by atoms with Gasteiger partial charge in [0.1, 0.15) is 18.5 Å². The number of carbonyl (C=O) groups is 1. The van der Waals surface area contributed by atoms with Crippen LogP contribution in [-0.2, 0) is 16.1 Å². The van der Waals surface area contributed by atoms with Crippen LogP contribution < -0.4 is 0 Å². The Balaban J connectivity index is 2.00. The van der Waals surface area contributed by atoms with Gasteiger partial charge >= 0.3 is 5.97 Å². The lowest BCUT2D eigenvalue weighted by Gasteiger charge is -2.12. The monoisotopic (exact) mass is 260 g/mol. The summed E-state index contributed by atoms with van der Waals surface area (Å²) in [6.45, 7) is 2.16. The summed E-state index contributed by atoms with van der Waals surface area (Å²) in [5.74, 6) is 0.315. The summed E-state index contributed by atoms with van der Waals surface area (Å²) in [4.78, 5) is 11.9. The highest BCUT2D eigenvalue weighted by Crippen LogP contribution is 2.19. The van der Waals surface area contributed by atoms with Crippen molar-refractivity contribution in [3.8, 4) is 0 Å². The highest BCUT2D eigenvalue weighted by atomic mass is 16.6. The van der Waals surface area contributed by atoms with Gasteiger partial charge in [-0.05, 0) is 24.6 Å². The van der Waals surface area contributed by atoms with Crippen molar-refractivity contribution < 1.29 is 18.7 Å². The number of rotatable bonds is 5. The molecular formula is C15H16O4. The van der Waals surface area contributed by atoms with E-state index < -0.39 is 5.97 Å². The van der Waals surface area contributed by atoms with E-state index in [2.05, 4.69) is 0 Å². The number of esters is 1. The molecule has 4 heteroatoms. The predicted molar refractivity (Wildman–Crippen MR) is 69.7 cm³/mol. The Morgan fingerprint density at radius 2 is 1.95 bits per heavy atom. The standard InChI is InChI=1S/C15H16O4/c1-11(12-6-4-3-5-7-12)18-15(16)14-9-8-13(19-14)10-17-2/h3-9,11H,10H2,1-2H3. The second-order valence-corrected chi connectivity index (χ2v) is 4.16. The van der Waals surface area contributed by atoms with Gasteiger partial charge in [0.25, 0.3) is 0 Å². The number of carbonyl (C=O) groups excluding carboxylic acids is 1. The molecule has 0 N–H and O–H groups in total. The summed E-state index contributed by atoms with van der Waals surface area (Å²) in [6.07, 6.45) is -0.315. The molecule has 2 rings (SSSR count). The van der Waals surface area contributed by atoms with Crippen molar-refractivity contribution in [1.29, 1.82) is 0 Å². The first-order chi connectivity index (χ1) is 9.20. The molecule has 1 atom stereocenters. The van der Waals surface area contributed by atoms with E-state index in [9.17, 15) is 4.79 Å². The van der Waals surface area contributed by atoms with Crippen molar-refractivity contribution in [1.82, 2.24) is 0 Å². The molecule has 100 valence electrons. The van der Waals surface area contributed by atoms with Crippen molar-refractivity contribution in [2.24, 2.45) is 0 Å². The minimum Gasteiger partial charge on any atom is -0.452 e. The molecule has 1 unspecified atom stereocenters. The van der Waals surface area contributed by atoms with Crippen LogP contribution in [0.15, 0.2) is 46.9 Å². The Labute approximate surface area is 111 Å². The minimum absolute atomic E-state index is 0.190. The number of hydrogen-bond donors (Lipinski definition) is 0. The smallest absolute Gasteiger partial charge is 0.374 e. The van der Waals surface area contributed by atoms with Gasteiger partial charge in [-0.25, -0.2) is 4.79 Å². The van der Waals surface area contributed by atoms with Gasteiger partial charge in [-0.2, -0.15) is 0 Å². The van der Waals surface area contributed by atoms with E-state index >= 15 is 0 Å². The van der Waals surface area contributed by atoms with Crippen LogP contribution in [-0.4, -0.2) is 13.1 Å². The van der Waals surface area contributed by atoms with Gasteiger partial charge in [0.2, 0.25) is 5.76 Å². The fraction of sp³-hybridized carbons (Fsp3) is 0.267. The third kappa shape index (κ3) is 3.45. The fourth-order valence-electron chi connectivity index (χ4n) is 1.72. The van der Waals surface area contributed by atoms with Gasteiger partial charge in [-0.1, -0.05) is 30.3 Å². The third-order valence-corrected chi connectivity index (χ3v) is 2.70. The van der Waals surface area contributed by atoms with Crippen molar-refractivity contribution in [2.45, 2.75) is 19.6 Å². The second-order valence-electron chi connectivity index (χ2n) is 4.16. The van der Waals surface area contributed by atoms with E-state index in [1.165, 1.54) is 0 Å². The maximum Gasteiger partial charge on any atom is 0.374 e. The lowest BCUT2D eigenvalue weighted by atomic mass is 10.1. The molecule has 0 spiro atoms. The highest BCUT2D eigenvalue weighted by Gasteiger charge is 2.16. The maximum atomic E-state index is 11.9. The lowest BCUT2D eigenvalue weighted by Crippen LogP contribution is -2.08. The predicted octanol–water partition coefficient (Wildman–Crippen LogP) is 3.34. The number of ether oxygens (including phenoxy) is 2. The summed E-state index contributed by atoms with van der Waals surface area (Å²) >= 11 is 0. The summed E-state index contributed by atoms with van der Waals surface area (Å²) in [6, 6.07) is 12.8. The Morgan fingerprint density at radius 3 is 2.63 bits per heavy atom. The quantitative estimate of drug-likeness (QED) is 0.773. The van der Waals surface area contributed by atoms with Gasteiger partial charge in [0.05, 0.1) is 0 Å². The first-order valence-corrected chi connectivity index (χ1v) is 6.04. The number of hydrogen-bond acceptors (Lipinski definition) is 4. The second kappa shape index (κ2) is 6.20. The molecule has 1 aromatic carbocycles. The molecule has 0 aliphatic heterocycles. The van der Waals surface area contributed by atoms with Gasteiger partial charge in [0, 0.05) is 7.11 Å². The van der Waals surface area contributed by atoms with Crippen LogP contribution in [0.5, 0.6) is 0 Å². The Morgan fingerprint density at radius 1 is 1.21 bits per heavy atom. The Kier molecular flexibility index (Phi) is 4.36. The largest absolute Gasteiger partial charge is 0.452 e. The molecule has 19 heavy (non-hydrogen) atoms. The fourth-order valence-corrected chi connectivity index (χ4v) is 1.72. The first-order valence-electron chi connectivity index (χ1n) is 6.04. The summed E-state index contributed by atoms with van der Waals surface area (Å²) < 4.78 is 15.6. The van der Waals surface area contributed by atoms with Crippen LogP contribution in [0, 0.1) is 0 Å². The van der Waals surface area contributed by atoms with Gasteiger partial charge < -0.3 is 13.9 Å². The Bertz CT molecular complexity index is 530. The zero-order valence-corrected chi connectivity index (χ0v) is 11.0. The summed E-state index contributed by atoms with van der Waals surface area (Å²) in [5, 5.41) is 0. The SMILES string of the molecule is COCc1ccc(C(=O)OC(C)c2ccccc2)o1. The highest BCUT2D eigenvalue weighted by molar-refractivity contribution is 5.86. The van der Waals surface area contributed by atoms with E-state index in [4.69, 9.17) is 13.9 Å². The molecule has 0 bridgehead atoms. The summed E-state index contributed by atoms with van der Waals surface area (Å²) in [5.41, 5.74) is 0.944. The lowest BCUT2D eigenvalue weighted by molar-refractivity contribution is 0.0296. The average Bonchev–Trinajstić information content (AvgIpc) is 2.89. The zero-order valence-electron chi connectivity index (χ0n) is 11.0. The maximum absolute atomic E-state index is 11.9. The number of methoxy groups -OCH3 is 1.